The average molecular weight is 172 g/mol. The lowest BCUT2D eigenvalue weighted by Gasteiger charge is -2.14. The van der Waals surface area contributed by atoms with E-state index in [1.54, 1.807) is 11.8 Å². The molecule has 1 rings (SSSR count). The van der Waals surface area contributed by atoms with Crippen LogP contribution in [0.1, 0.15) is 13.8 Å². The molecule has 0 aromatic carbocycles. The fourth-order valence-corrected chi connectivity index (χ4v) is 1.36. The van der Waals surface area contributed by atoms with Crippen molar-refractivity contribution in [2.45, 2.75) is 19.9 Å². The predicted molar refractivity (Wildman–Crippen MR) is 45.7 cm³/mol. The van der Waals surface area contributed by atoms with Crippen LogP contribution in [0, 0.1) is 5.92 Å². The molecule has 0 saturated carbocycles. The maximum atomic E-state index is 11.2. The Morgan fingerprint density at radius 1 is 1.67 bits per heavy atom. The molecule has 0 radical (unpaired) electrons. The molecule has 1 fully saturated rings. The Morgan fingerprint density at radius 3 is 2.75 bits per heavy atom. The van der Waals surface area contributed by atoms with Crippen molar-refractivity contribution in [2.75, 3.05) is 19.7 Å². The van der Waals surface area contributed by atoms with Crippen LogP contribution in [0.2, 0.25) is 0 Å². The lowest BCUT2D eigenvalue weighted by molar-refractivity contribution is 0.114. The summed E-state index contributed by atoms with van der Waals surface area (Å²) in [7, 11) is 0. The van der Waals surface area contributed by atoms with Crippen molar-refractivity contribution < 1.29 is 9.53 Å². The third kappa shape index (κ3) is 1.88. The number of carbonyl (C=O) groups excluding carboxylic acids is 1. The van der Waals surface area contributed by atoms with Gasteiger partial charge in [-0.15, -0.1) is 0 Å². The highest BCUT2D eigenvalue weighted by molar-refractivity contribution is 5.68. The summed E-state index contributed by atoms with van der Waals surface area (Å²) in [6.45, 7) is 5.63. The number of amides is 1. The van der Waals surface area contributed by atoms with E-state index in [-0.39, 0.29) is 12.1 Å². The van der Waals surface area contributed by atoms with E-state index >= 15 is 0 Å². The summed E-state index contributed by atoms with van der Waals surface area (Å²) in [5, 5.41) is 0. The first kappa shape index (κ1) is 9.32. The highest BCUT2D eigenvalue weighted by Gasteiger charge is 2.30. The Hall–Kier alpha value is -0.770. The standard InChI is InChI=1S/C8H16N2O2/c1-3-12-8(11)10-4-6(2)7(9)5-10/h6-7H,3-5,9H2,1-2H3. The molecule has 4 heteroatoms. The van der Waals surface area contributed by atoms with E-state index < -0.39 is 0 Å². The van der Waals surface area contributed by atoms with Crippen molar-refractivity contribution in [2.24, 2.45) is 11.7 Å². The molecule has 0 aromatic rings. The van der Waals surface area contributed by atoms with E-state index in [0.29, 0.717) is 19.1 Å². The van der Waals surface area contributed by atoms with E-state index in [4.69, 9.17) is 10.5 Å². The molecule has 0 bridgehead atoms. The topological polar surface area (TPSA) is 55.6 Å². The maximum absolute atomic E-state index is 11.2. The quantitative estimate of drug-likeness (QED) is 0.623. The molecule has 12 heavy (non-hydrogen) atoms. The fraction of sp³-hybridized carbons (Fsp3) is 0.875. The summed E-state index contributed by atoms with van der Waals surface area (Å²) in [6, 6.07) is 0.106. The van der Waals surface area contributed by atoms with E-state index in [9.17, 15) is 4.79 Å². The molecule has 4 nitrogen and oxygen atoms in total. The van der Waals surface area contributed by atoms with E-state index in [0.717, 1.165) is 6.54 Å². The first-order chi connectivity index (χ1) is 5.65. The molecule has 0 spiro atoms. The largest absolute Gasteiger partial charge is 0.450 e. The molecule has 1 aliphatic heterocycles. The maximum Gasteiger partial charge on any atom is 0.409 e. The van der Waals surface area contributed by atoms with Crippen LogP contribution in [0.5, 0.6) is 0 Å². The molecule has 1 saturated heterocycles. The molecule has 2 N–H and O–H groups in total. The number of carbonyl (C=O) groups is 1. The summed E-state index contributed by atoms with van der Waals surface area (Å²) in [5.74, 6) is 0.384. The molecule has 2 unspecified atom stereocenters. The van der Waals surface area contributed by atoms with Crippen LogP contribution in [0.3, 0.4) is 0 Å². The van der Waals surface area contributed by atoms with Crippen LogP contribution in [-0.2, 0) is 4.74 Å². The van der Waals surface area contributed by atoms with Crippen LogP contribution >= 0.6 is 0 Å². The van der Waals surface area contributed by atoms with Gasteiger partial charge in [-0.1, -0.05) is 6.92 Å². The number of likely N-dealkylation sites (tertiary alicyclic amines) is 1. The highest BCUT2D eigenvalue weighted by atomic mass is 16.6. The van der Waals surface area contributed by atoms with Gasteiger partial charge in [0.15, 0.2) is 0 Å². The number of nitrogens with two attached hydrogens (primary N) is 1. The fourth-order valence-electron chi connectivity index (χ4n) is 1.36. The second-order valence-electron chi connectivity index (χ2n) is 3.25. The third-order valence-electron chi connectivity index (χ3n) is 2.20. The second kappa shape index (κ2) is 3.76. The number of nitrogens with zero attached hydrogens (tertiary/aromatic N) is 1. The summed E-state index contributed by atoms with van der Waals surface area (Å²) in [5.41, 5.74) is 5.75. The Morgan fingerprint density at radius 2 is 2.33 bits per heavy atom. The predicted octanol–water partition coefficient (Wildman–Crippen LogP) is 0.422. The Balaban J connectivity index is 2.40. The molecule has 0 aliphatic carbocycles. The van der Waals surface area contributed by atoms with E-state index in [1.807, 2.05) is 6.92 Å². The second-order valence-corrected chi connectivity index (χ2v) is 3.25. The van der Waals surface area contributed by atoms with Crippen LogP contribution in [-0.4, -0.2) is 36.7 Å². The van der Waals surface area contributed by atoms with Gasteiger partial charge in [0.25, 0.3) is 0 Å². The van der Waals surface area contributed by atoms with Crippen molar-refractivity contribution in [1.82, 2.24) is 4.90 Å². The van der Waals surface area contributed by atoms with Crippen molar-refractivity contribution in [3.8, 4) is 0 Å². The summed E-state index contributed by atoms with van der Waals surface area (Å²) < 4.78 is 4.85. The number of ether oxygens (including phenoxy) is 1. The molecule has 1 heterocycles. The normalized spacial score (nSPS) is 29.1. The van der Waals surface area contributed by atoms with Gasteiger partial charge in [-0.25, -0.2) is 4.79 Å². The Kier molecular flexibility index (Phi) is 2.92. The highest BCUT2D eigenvalue weighted by Crippen LogP contribution is 2.14. The van der Waals surface area contributed by atoms with Gasteiger partial charge in [-0.3, -0.25) is 0 Å². The summed E-state index contributed by atoms with van der Waals surface area (Å²) in [6.07, 6.45) is -0.239. The van der Waals surface area contributed by atoms with Gasteiger partial charge in [0.2, 0.25) is 0 Å². The Bertz CT molecular complexity index is 162. The van der Waals surface area contributed by atoms with Crippen molar-refractivity contribution in [3.63, 3.8) is 0 Å². The van der Waals surface area contributed by atoms with Gasteiger partial charge in [-0.2, -0.15) is 0 Å². The number of hydrogen-bond acceptors (Lipinski definition) is 3. The Labute approximate surface area is 72.7 Å². The van der Waals surface area contributed by atoms with Gasteiger partial charge < -0.3 is 15.4 Å². The minimum atomic E-state index is -0.239. The van der Waals surface area contributed by atoms with Crippen LogP contribution in [0.25, 0.3) is 0 Å². The van der Waals surface area contributed by atoms with Crippen molar-refractivity contribution >= 4 is 6.09 Å². The zero-order valence-electron chi connectivity index (χ0n) is 7.62. The molecular weight excluding hydrogens is 156 g/mol. The van der Waals surface area contributed by atoms with Gasteiger partial charge in [0.1, 0.15) is 0 Å². The van der Waals surface area contributed by atoms with Gasteiger partial charge >= 0.3 is 6.09 Å². The molecule has 1 amide bonds. The summed E-state index contributed by atoms with van der Waals surface area (Å²) >= 11 is 0. The van der Waals surface area contributed by atoms with Crippen LogP contribution < -0.4 is 5.73 Å². The molecule has 70 valence electrons. The van der Waals surface area contributed by atoms with Gasteiger partial charge in [0, 0.05) is 19.1 Å². The van der Waals surface area contributed by atoms with Gasteiger partial charge in [-0.05, 0) is 12.8 Å². The average Bonchev–Trinajstić information content (AvgIpc) is 2.33. The summed E-state index contributed by atoms with van der Waals surface area (Å²) in [4.78, 5) is 12.9. The third-order valence-corrected chi connectivity index (χ3v) is 2.20. The minimum absolute atomic E-state index is 0.106. The number of rotatable bonds is 1. The molecular formula is C8H16N2O2. The van der Waals surface area contributed by atoms with E-state index in [2.05, 4.69) is 0 Å². The minimum Gasteiger partial charge on any atom is -0.450 e. The van der Waals surface area contributed by atoms with Crippen LogP contribution in [0.4, 0.5) is 4.79 Å². The first-order valence-electron chi connectivity index (χ1n) is 4.32. The SMILES string of the molecule is CCOC(=O)N1CC(C)C(N)C1. The molecule has 0 aromatic heterocycles. The monoisotopic (exact) mass is 172 g/mol. The van der Waals surface area contributed by atoms with E-state index in [1.165, 1.54) is 0 Å². The van der Waals surface area contributed by atoms with Crippen molar-refractivity contribution in [1.29, 1.82) is 0 Å². The lowest BCUT2D eigenvalue weighted by Crippen LogP contribution is -2.32. The molecule has 2 atom stereocenters. The first-order valence-corrected chi connectivity index (χ1v) is 4.32. The smallest absolute Gasteiger partial charge is 0.409 e. The zero-order valence-corrected chi connectivity index (χ0v) is 7.62. The number of hydrogen-bond donors (Lipinski definition) is 1. The zero-order chi connectivity index (χ0) is 9.14. The lowest BCUT2D eigenvalue weighted by atomic mass is 10.1. The van der Waals surface area contributed by atoms with Crippen molar-refractivity contribution in [3.05, 3.63) is 0 Å². The van der Waals surface area contributed by atoms with Gasteiger partial charge in [0.05, 0.1) is 6.61 Å². The molecule has 1 aliphatic rings. The van der Waals surface area contributed by atoms with Crippen LogP contribution in [0.15, 0.2) is 0 Å².